The van der Waals surface area contributed by atoms with Crippen LogP contribution in [0, 0.1) is 5.41 Å². The molecule has 0 saturated carbocycles. The Balaban J connectivity index is 2.66. The van der Waals surface area contributed by atoms with Crippen molar-refractivity contribution in [2.75, 3.05) is 14.2 Å². The van der Waals surface area contributed by atoms with Crippen molar-refractivity contribution in [2.45, 2.75) is 20.3 Å². The second-order valence-corrected chi connectivity index (χ2v) is 4.71. The predicted molar refractivity (Wildman–Crippen MR) is 61.4 cm³/mol. The van der Waals surface area contributed by atoms with Crippen molar-refractivity contribution in [2.24, 2.45) is 5.41 Å². The molecule has 86 valence electrons. The van der Waals surface area contributed by atoms with E-state index < -0.39 is 0 Å². The molecule has 1 aliphatic rings. The number of rotatable bonds is 2. The fourth-order valence-electron chi connectivity index (χ4n) is 2.25. The molecular weight excluding hydrogens is 204 g/mol. The summed E-state index contributed by atoms with van der Waals surface area (Å²) in [4.78, 5) is 12.2. The summed E-state index contributed by atoms with van der Waals surface area (Å²) in [5.41, 5.74) is 1.30. The summed E-state index contributed by atoms with van der Waals surface area (Å²) in [6.45, 7) is 3.91. The first kappa shape index (κ1) is 11.0. The van der Waals surface area contributed by atoms with Crippen molar-refractivity contribution >= 4 is 5.78 Å². The highest BCUT2D eigenvalue weighted by atomic mass is 16.5. The Morgan fingerprint density at radius 2 is 1.69 bits per heavy atom. The SMILES string of the molecule is COc1ccc(OC)c2c1CC(C)(C)C2=O. The van der Waals surface area contributed by atoms with E-state index in [9.17, 15) is 4.79 Å². The van der Waals surface area contributed by atoms with Crippen molar-refractivity contribution in [3.63, 3.8) is 0 Å². The van der Waals surface area contributed by atoms with E-state index in [-0.39, 0.29) is 11.2 Å². The van der Waals surface area contributed by atoms with Crippen LogP contribution >= 0.6 is 0 Å². The molecule has 3 heteroatoms. The number of Topliss-reactive ketones (excluding diaryl/α,β-unsaturated/α-hetero) is 1. The Morgan fingerprint density at radius 1 is 1.12 bits per heavy atom. The van der Waals surface area contributed by atoms with E-state index in [1.54, 1.807) is 20.3 Å². The van der Waals surface area contributed by atoms with Crippen LogP contribution < -0.4 is 9.47 Å². The average molecular weight is 220 g/mol. The summed E-state index contributed by atoms with van der Waals surface area (Å²) in [7, 11) is 3.21. The number of hydrogen-bond donors (Lipinski definition) is 0. The molecule has 0 spiro atoms. The van der Waals surface area contributed by atoms with Crippen LogP contribution in [0.4, 0.5) is 0 Å². The Labute approximate surface area is 95.4 Å². The second kappa shape index (κ2) is 3.51. The van der Waals surface area contributed by atoms with E-state index in [0.29, 0.717) is 17.7 Å². The summed E-state index contributed by atoms with van der Waals surface area (Å²) < 4.78 is 10.5. The van der Waals surface area contributed by atoms with Gasteiger partial charge in [-0.15, -0.1) is 0 Å². The first-order valence-electron chi connectivity index (χ1n) is 5.30. The summed E-state index contributed by atoms with van der Waals surface area (Å²) in [5.74, 6) is 1.55. The topological polar surface area (TPSA) is 35.5 Å². The van der Waals surface area contributed by atoms with E-state index >= 15 is 0 Å². The molecule has 16 heavy (non-hydrogen) atoms. The summed E-state index contributed by atoms with van der Waals surface area (Å²) >= 11 is 0. The lowest BCUT2D eigenvalue weighted by Crippen LogP contribution is -2.19. The Morgan fingerprint density at radius 3 is 2.25 bits per heavy atom. The highest BCUT2D eigenvalue weighted by Crippen LogP contribution is 2.44. The van der Waals surface area contributed by atoms with Gasteiger partial charge in [-0.1, -0.05) is 13.8 Å². The maximum Gasteiger partial charge on any atom is 0.172 e. The lowest BCUT2D eigenvalue weighted by molar-refractivity contribution is 0.0861. The van der Waals surface area contributed by atoms with E-state index in [1.807, 2.05) is 19.9 Å². The minimum Gasteiger partial charge on any atom is -0.496 e. The number of ether oxygens (including phenoxy) is 2. The summed E-state index contributed by atoms with van der Waals surface area (Å²) in [5, 5.41) is 0. The number of methoxy groups -OCH3 is 2. The van der Waals surface area contributed by atoms with Gasteiger partial charge < -0.3 is 9.47 Å². The minimum atomic E-state index is -0.357. The Hall–Kier alpha value is -1.51. The minimum absolute atomic E-state index is 0.137. The number of benzene rings is 1. The average Bonchev–Trinajstić information content (AvgIpc) is 2.49. The van der Waals surface area contributed by atoms with Gasteiger partial charge in [0.15, 0.2) is 5.78 Å². The van der Waals surface area contributed by atoms with Gasteiger partial charge in [0.05, 0.1) is 19.8 Å². The van der Waals surface area contributed by atoms with Gasteiger partial charge in [0, 0.05) is 11.0 Å². The molecule has 0 bridgehead atoms. The van der Waals surface area contributed by atoms with Gasteiger partial charge in [-0.05, 0) is 18.6 Å². The zero-order chi connectivity index (χ0) is 11.9. The number of carbonyl (C=O) groups excluding carboxylic acids is 1. The van der Waals surface area contributed by atoms with Gasteiger partial charge in [-0.2, -0.15) is 0 Å². The standard InChI is InChI=1S/C13H16O3/c1-13(2)7-8-9(15-3)5-6-10(16-4)11(8)12(13)14/h5-6H,7H2,1-4H3. The zero-order valence-corrected chi connectivity index (χ0v) is 10.1. The summed E-state index contributed by atoms with van der Waals surface area (Å²) in [6, 6.07) is 3.64. The molecule has 0 atom stereocenters. The first-order valence-corrected chi connectivity index (χ1v) is 5.30. The molecule has 0 unspecified atom stereocenters. The van der Waals surface area contributed by atoms with E-state index in [1.165, 1.54) is 0 Å². The fourth-order valence-corrected chi connectivity index (χ4v) is 2.25. The Kier molecular flexibility index (Phi) is 2.41. The molecule has 1 aliphatic carbocycles. The van der Waals surface area contributed by atoms with Crippen LogP contribution in [0.25, 0.3) is 0 Å². The molecule has 0 aliphatic heterocycles. The summed E-state index contributed by atoms with van der Waals surface area (Å²) in [6.07, 6.45) is 0.710. The van der Waals surface area contributed by atoms with Crippen LogP contribution in [0.2, 0.25) is 0 Å². The van der Waals surface area contributed by atoms with E-state index in [0.717, 1.165) is 11.3 Å². The number of carbonyl (C=O) groups is 1. The molecule has 0 N–H and O–H groups in total. The first-order chi connectivity index (χ1) is 7.51. The van der Waals surface area contributed by atoms with Crippen LogP contribution in [0.15, 0.2) is 12.1 Å². The van der Waals surface area contributed by atoms with Crippen molar-refractivity contribution in [3.05, 3.63) is 23.3 Å². The third-order valence-electron chi connectivity index (χ3n) is 3.13. The maximum absolute atomic E-state index is 12.2. The molecule has 0 amide bonds. The van der Waals surface area contributed by atoms with Crippen molar-refractivity contribution in [1.29, 1.82) is 0 Å². The normalized spacial score (nSPS) is 17.1. The Bertz CT molecular complexity index is 447. The van der Waals surface area contributed by atoms with Gasteiger partial charge in [-0.3, -0.25) is 4.79 Å². The van der Waals surface area contributed by atoms with Crippen LogP contribution in [0.1, 0.15) is 29.8 Å². The molecule has 1 aromatic carbocycles. The molecule has 2 rings (SSSR count). The molecule has 0 fully saturated rings. The maximum atomic E-state index is 12.2. The fraction of sp³-hybridized carbons (Fsp3) is 0.462. The molecule has 1 aromatic rings. The smallest absolute Gasteiger partial charge is 0.172 e. The largest absolute Gasteiger partial charge is 0.496 e. The molecule has 0 aromatic heterocycles. The molecule has 0 saturated heterocycles. The molecule has 0 radical (unpaired) electrons. The van der Waals surface area contributed by atoms with Crippen LogP contribution in [0.5, 0.6) is 11.5 Å². The van der Waals surface area contributed by atoms with Crippen LogP contribution in [-0.4, -0.2) is 20.0 Å². The lowest BCUT2D eigenvalue weighted by atomic mass is 9.89. The quantitative estimate of drug-likeness (QED) is 0.768. The highest BCUT2D eigenvalue weighted by Gasteiger charge is 2.41. The van der Waals surface area contributed by atoms with Gasteiger partial charge >= 0.3 is 0 Å². The number of hydrogen-bond acceptors (Lipinski definition) is 3. The number of fused-ring (bicyclic) bond motifs is 1. The van der Waals surface area contributed by atoms with E-state index in [2.05, 4.69) is 0 Å². The van der Waals surface area contributed by atoms with Crippen LogP contribution in [0.3, 0.4) is 0 Å². The van der Waals surface area contributed by atoms with Crippen molar-refractivity contribution < 1.29 is 14.3 Å². The van der Waals surface area contributed by atoms with Crippen molar-refractivity contribution in [1.82, 2.24) is 0 Å². The number of ketones is 1. The lowest BCUT2D eigenvalue weighted by Gasteiger charge is -2.13. The molecular formula is C13H16O3. The third-order valence-corrected chi connectivity index (χ3v) is 3.13. The van der Waals surface area contributed by atoms with Gasteiger partial charge in [0.1, 0.15) is 11.5 Å². The monoisotopic (exact) mass is 220 g/mol. The predicted octanol–water partition coefficient (Wildman–Crippen LogP) is 2.47. The molecule has 3 nitrogen and oxygen atoms in total. The second-order valence-electron chi connectivity index (χ2n) is 4.71. The highest BCUT2D eigenvalue weighted by molar-refractivity contribution is 6.07. The van der Waals surface area contributed by atoms with Crippen LogP contribution in [-0.2, 0) is 6.42 Å². The zero-order valence-electron chi connectivity index (χ0n) is 10.1. The van der Waals surface area contributed by atoms with Gasteiger partial charge in [0.2, 0.25) is 0 Å². The van der Waals surface area contributed by atoms with Gasteiger partial charge in [0.25, 0.3) is 0 Å². The van der Waals surface area contributed by atoms with E-state index in [4.69, 9.17) is 9.47 Å². The molecule has 0 heterocycles. The van der Waals surface area contributed by atoms with Crippen molar-refractivity contribution in [3.8, 4) is 11.5 Å². The van der Waals surface area contributed by atoms with Gasteiger partial charge in [-0.25, -0.2) is 0 Å². The third kappa shape index (κ3) is 1.39.